The maximum Gasteiger partial charge on any atom is 0.337 e. The number of hydrogen-bond donors (Lipinski definition) is 0. The topological polar surface area (TPSA) is 60.8 Å². The van der Waals surface area contributed by atoms with Crippen LogP contribution >= 0.6 is 0 Å². The molecule has 0 N–H and O–H groups in total. The molecule has 6 heteroatoms. The third-order valence-electron chi connectivity index (χ3n) is 8.71. The molecule has 6 rings (SSSR count). The van der Waals surface area contributed by atoms with Gasteiger partial charge in [-0.2, -0.15) is 0 Å². The van der Waals surface area contributed by atoms with E-state index in [0.717, 1.165) is 5.52 Å². The second-order valence-electron chi connectivity index (χ2n) is 11.2. The smallest absolute Gasteiger partial charge is 0.337 e. The highest BCUT2D eigenvalue weighted by Gasteiger charge is 2.42. The third kappa shape index (κ3) is 4.15. The number of benzene rings is 2. The maximum absolute atomic E-state index is 14.1. The number of ether oxygens (including phenoxy) is 2. The summed E-state index contributed by atoms with van der Waals surface area (Å²) in [6.45, 7) is 5.13. The van der Waals surface area contributed by atoms with E-state index in [2.05, 4.69) is 41.8 Å². The van der Waals surface area contributed by atoms with Crippen molar-refractivity contribution in [3.63, 3.8) is 0 Å². The number of esters is 1. The van der Waals surface area contributed by atoms with Gasteiger partial charge in [-0.15, -0.1) is 0 Å². The summed E-state index contributed by atoms with van der Waals surface area (Å²) >= 11 is 0. The van der Waals surface area contributed by atoms with Gasteiger partial charge in [0.1, 0.15) is 0 Å². The lowest BCUT2D eigenvalue weighted by Gasteiger charge is -2.36. The first kappa shape index (κ1) is 24.2. The molecular formula is C31H36N2O4. The van der Waals surface area contributed by atoms with Crippen LogP contribution in [-0.2, 0) is 27.2 Å². The highest BCUT2D eigenvalue weighted by atomic mass is 16.5. The molecule has 1 atom stereocenters. The Balaban J connectivity index is 1.60. The number of aromatic nitrogens is 1. The minimum atomic E-state index is -0.615. The van der Waals surface area contributed by atoms with Crippen LogP contribution < -0.4 is 0 Å². The number of nitrogens with zero attached hydrogens (tertiary/aromatic N) is 2. The monoisotopic (exact) mass is 500 g/mol. The van der Waals surface area contributed by atoms with Crippen molar-refractivity contribution in [2.24, 2.45) is 5.41 Å². The Bertz CT molecular complexity index is 1350. The second kappa shape index (κ2) is 9.64. The number of carbonyl (C=O) groups is 2. The van der Waals surface area contributed by atoms with E-state index in [1.54, 1.807) is 0 Å². The van der Waals surface area contributed by atoms with Crippen molar-refractivity contribution < 1.29 is 19.1 Å². The number of morpholine rings is 1. The summed E-state index contributed by atoms with van der Waals surface area (Å²) in [6.07, 6.45) is 6.81. The Kier molecular flexibility index (Phi) is 6.31. The van der Waals surface area contributed by atoms with Gasteiger partial charge in [-0.3, -0.25) is 4.79 Å². The number of amides is 1. The molecule has 1 unspecified atom stereocenters. The van der Waals surface area contributed by atoms with Crippen LogP contribution in [0.1, 0.15) is 66.4 Å². The molecule has 3 aromatic rings. The van der Waals surface area contributed by atoms with Crippen molar-refractivity contribution >= 4 is 22.8 Å². The van der Waals surface area contributed by atoms with Gasteiger partial charge >= 0.3 is 5.97 Å². The molecular weight excluding hydrogens is 464 g/mol. The molecule has 2 aromatic carbocycles. The summed E-state index contributed by atoms with van der Waals surface area (Å²) in [5, 5.41) is 1.20. The predicted molar refractivity (Wildman–Crippen MR) is 144 cm³/mol. The van der Waals surface area contributed by atoms with Crippen molar-refractivity contribution in [2.75, 3.05) is 33.4 Å². The maximum atomic E-state index is 14.1. The number of rotatable bonds is 3. The summed E-state index contributed by atoms with van der Waals surface area (Å²) in [5.41, 5.74) is 6.02. The minimum Gasteiger partial charge on any atom is -0.465 e. The standard InChI is InChI=1S/C31H36N2O4/c1-31(30(35)32-14-16-37-17-15-32)19-23-10-6-7-11-24(23)28-27(21-8-4-3-5-9-21)25-13-12-22(29(34)36-2)18-26(25)33(28)20-31/h6-7,10-13,18,21H,3-5,8-9,14-17,19-20H2,1-2H3. The molecule has 2 aliphatic heterocycles. The van der Waals surface area contributed by atoms with E-state index in [1.807, 2.05) is 17.0 Å². The van der Waals surface area contributed by atoms with Gasteiger partial charge in [0, 0.05) is 36.1 Å². The average molecular weight is 501 g/mol. The van der Waals surface area contributed by atoms with Crippen LogP contribution in [0, 0.1) is 5.41 Å². The molecule has 37 heavy (non-hydrogen) atoms. The Morgan fingerprint density at radius 1 is 1.03 bits per heavy atom. The molecule has 1 saturated heterocycles. The van der Waals surface area contributed by atoms with E-state index in [9.17, 15) is 9.59 Å². The second-order valence-corrected chi connectivity index (χ2v) is 11.2. The molecule has 1 amide bonds. The summed E-state index contributed by atoms with van der Waals surface area (Å²) in [6, 6.07) is 14.6. The highest BCUT2D eigenvalue weighted by Crippen LogP contribution is 2.48. The van der Waals surface area contributed by atoms with Crippen LogP contribution in [0.15, 0.2) is 42.5 Å². The summed E-state index contributed by atoms with van der Waals surface area (Å²) in [5.74, 6) is 0.324. The van der Waals surface area contributed by atoms with E-state index in [0.29, 0.717) is 50.8 Å². The minimum absolute atomic E-state index is 0.184. The van der Waals surface area contributed by atoms with Crippen molar-refractivity contribution in [2.45, 2.75) is 57.9 Å². The molecule has 2 fully saturated rings. The molecule has 1 aromatic heterocycles. The highest BCUT2D eigenvalue weighted by molar-refractivity contribution is 5.99. The normalized spacial score (nSPS) is 22.3. The van der Waals surface area contributed by atoms with E-state index >= 15 is 0 Å². The predicted octanol–water partition coefficient (Wildman–Crippen LogP) is 5.56. The van der Waals surface area contributed by atoms with Crippen LogP contribution in [0.25, 0.3) is 22.2 Å². The fraction of sp³-hybridized carbons (Fsp3) is 0.484. The Morgan fingerprint density at radius 2 is 1.78 bits per heavy atom. The number of methoxy groups -OCH3 is 1. The largest absolute Gasteiger partial charge is 0.465 e. The van der Waals surface area contributed by atoms with Gasteiger partial charge < -0.3 is 18.9 Å². The van der Waals surface area contributed by atoms with Gasteiger partial charge in [0.05, 0.1) is 37.0 Å². The molecule has 0 spiro atoms. The van der Waals surface area contributed by atoms with Gasteiger partial charge in [0.25, 0.3) is 0 Å². The lowest BCUT2D eigenvalue weighted by Crippen LogP contribution is -2.49. The zero-order valence-electron chi connectivity index (χ0n) is 21.9. The molecule has 0 bridgehead atoms. The fourth-order valence-electron chi connectivity index (χ4n) is 6.90. The van der Waals surface area contributed by atoms with Gasteiger partial charge in [-0.05, 0) is 55.4 Å². The summed E-state index contributed by atoms with van der Waals surface area (Å²) in [7, 11) is 1.42. The summed E-state index contributed by atoms with van der Waals surface area (Å²) in [4.78, 5) is 28.6. The van der Waals surface area contributed by atoms with Crippen LogP contribution in [0.3, 0.4) is 0 Å². The Labute approximate surface area is 218 Å². The zero-order valence-corrected chi connectivity index (χ0v) is 21.9. The molecule has 1 aliphatic carbocycles. The quantitative estimate of drug-likeness (QED) is 0.442. The molecule has 3 aliphatic rings. The number of hydrogen-bond acceptors (Lipinski definition) is 4. The average Bonchev–Trinajstić information content (AvgIpc) is 3.18. The van der Waals surface area contributed by atoms with Crippen LogP contribution in [0.4, 0.5) is 0 Å². The van der Waals surface area contributed by atoms with Gasteiger partial charge in [0.15, 0.2) is 0 Å². The van der Waals surface area contributed by atoms with Gasteiger partial charge in [-0.25, -0.2) is 4.79 Å². The van der Waals surface area contributed by atoms with Gasteiger partial charge in [0.2, 0.25) is 5.91 Å². The number of fused-ring (bicyclic) bond motifs is 5. The van der Waals surface area contributed by atoms with Crippen molar-refractivity contribution in [1.29, 1.82) is 0 Å². The SMILES string of the molecule is COC(=O)c1ccc2c(C3CCCCC3)c3n(c2c1)CC(C)(C(=O)N1CCOCC1)Cc1ccccc1-3. The number of carbonyl (C=O) groups excluding carboxylic acids is 2. The van der Waals surface area contributed by atoms with Crippen LogP contribution in [0.5, 0.6) is 0 Å². The molecule has 194 valence electrons. The first-order valence-electron chi connectivity index (χ1n) is 13.7. The van der Waals surface area contributed by atoms with Crippen molar-refractivity contribution in [3.8, 4) is 11.3 Å². The van der Waals surface area contributed by atoms with E-state index in [-0.39, 0.29) is 11.9 Å². The zero-order chi connectivity index (χ0) is 25.6. The van der Waals surface area contributed by atoms with Crippen LogP contribution in [0.2, 0.25) is 0 Å². The Morgan fingerprint density at radius 3 is 2.54 bits per heavy atom. The van der Waals surface area contributed by atoms with Gasteiger partial charge in [-0.1, -0.05) is 49.6 Å². The fourth-order valence-corrected chi connectivity index (χ4v) is 6.90. The molecule has 6 nitrogen and oxygen atoms in total. The molecule has 3 heterocycles. The van der Waals surface area contributed by atoms with Crippen molar-refractivity contribution in [1.82, 2.24) is 9.47 Å². The summed E-state index contributed by atoms with van der Waals surface area (Å²) < 4.78 is 13.0. The lowest BCUT2D eigenvalue weighted by atomic mass is 9.79. The van der Waals surface area contributed by atoms with E-state index in [4.69, 9.17) is 9.47 Å². The Hall–Kier alpha value is -3.12. The first-order chi connectivity index (χ1) is 18.0. The third-order valence-corrected chi connectivity index (χ3v) is 8.71. The van der Waals surface area contributed by atoms with E-state index in [1.165, 1.54) is 67.0 Å². The molecule has 0 radical (unpaired) electrons. The van der Waals surface area contributed by atoms with Crippen molar-refractivity contribution in [3.05, 3.63) is 59.2 Å². The lowest BCUT2D eigenvalue weighted by molar-refractivity contribution is -0.146. The van der Waals surface area contributed by atoms with Crippen LogP contribution in [-0.4, -0.2) is 54.8 Å². The van der Waals surface area contributed by atoms with E-state index < -0.39 is 5.41 Å². The first-order valence-corrected chi connectivity index (χ1v) is 13.7. The molecule has 1 saturated carbocycles.